The van der Waals surface area contributed by atoms with Crippen LogP contribution in [-0.2, 0) is 17.8 Å². The third-order valence-electron chi connectivity index (χ3n) is 6.05. The zero-order chi connectivity index (χ0) is 26.9. The minimum absolute atomic E-state index is 0.0245. The first kappa shape index (κ1) is 28.8. The highest BCUT2D eigenvalue weighted by Crippen LogP contribution is 2.28. The van der Waals surface area contributed by atoms with Crippen LogP contribution in [-0.4, -0.2) is 55.5 Å². The van der Waals surface area contributed by atoms with Crippen molar-refractivity contribution in [2.24, 2.45) is 0 Å². The number of thiophene rings is 1. The predicted octanol–water partition coefficient (Wildman–Crippen LogP) is 6.50. The second kappa shape index (κ2) is 13.7. The van der Waals surface area contributed by atoms with Crippen LogP contribution in [0, 0.1) is 6.92 Å². The number of amides is 2. The maximum absolute atomic E-state index is 13.6. The number of carbonyl (C=O) groups is 2. The number of hydrogen-bond donors (Lipinski definition) is 0. The quantitative estimate of drug-likeness (QED) is 0.252. The van der Waals surface area contributed by atoms with Crippen molar-refractivity contribution in [2.45, 2.75) is 33.2 Å². The molecule has 2 amide bonds. The summed E-state index contributed by atoms with van der Waals surface area (Å²) in [6.07, 6.45) is 1.35. The summed E-state index contributed by atoms with van der Waals surface area (Å²) in [5.41, 5.74) is 2.57. The van der Waals surface area contributed by atoms with E-state index in [4.69, 9.17) is 32.7 Å². The van der Waals surface area contributed by atoms with E-state index in [1.54, 1.807) is 48.7 Å². The molecule has 198 valence electrons. The number of ether oxygens (including phenoxy) is 2. The maximum Gasteiger partial charge on any atom is 0.254 e. The Morgan fingerprint density at radius 3 is 2.30 bits per heavy atom. The van der Waals surface area contributed by atoms with E-state index in [-0.39, 0.29) is 18.4 Å². The number of benzene rings is 2. The van der Waals surface area contributed by atoms with Gasteiger partial charge in [-0.3, -0.25) is 9.59 Å². The molecule has 2 aromatic carbocycles. The molecule has 0 radical (unpaired) electrons. The summed E-state index contributed by atoms with van der Waals surface area (Å²) in [5, 5.41) is 2.71. The topological polar surface area (TPSA) is 59.1 Å². The van der Waals surface area contributed by atoms with E-state index in [9.17, 15) is 9.59 Å². The van der Waals surface area contributed by atoms with Crippen LogP contribution >= 0.6 is 34.5 Å². The van der Waals surface area contributed by atoms with Crippen LogP contribution in [0.5, 0.6) is 11.5 Å². The van der Waals surface area contributed by atoms with Gasteiger partial charge < -0.3 is 19.3 Å². The number of methoxy groups -OCH3 is 2. The van der Waals surface area contributed by atoms with Crippen molar-refractivity contribution in [2.75, 3.05) is 33.9 Å². The van der Waals surface area contributed by atoms with Crippen molar-refractivity contribution in [1.82, 2.24) is 9.80 Å². The third-order valence-corrected chi connectivity index (χ3v) is 7.79. The summed E-state index contributed by atoms with van der Waals surface area (Å²) in [7, 11) is 3.20. The highest BCUT2D eigenvalue weighted by atomic mass is 35.5. The van der Waals surface area contributed by atoms with Crippen LogP contribution in [0.2, 0.25) is 10.0 Å². The van der Waals surface area contributed by atoms with E-state index in [1.807, 2.05) is 48.4 Å². The lowest BCUT2D eigenvalue weighted by molar-refractivity contribution is -0.132. The lowest BCUT2D eigenvalue weighted by Crippen LogP contribution is -2.43. The van der Waals surface area contributed by atoms with Gasteiger partial charge in [0.2, 0.25) is 5.91 Å². The summed E-state index contributed by atoms with van der Waals surface area (Å²) < 4.78 is 10.8. The van der Waals surface area contributed by atoms with Crippen LogP contribution in [0.25, 0.3) is 0 Å². The van der Waals surface area contributed by atoms with E-state index in [0.717, 1.165) is 22.4 Å². The first-order valence-electron chi connectivity index (χ1n) is 12.0. The van der Waals surface area contributed by atoms with Gasteiger partial charge in [-0.25, -0.2) is 0 Å². The Morgan fingerprint density at radius 1 is 0.919 bits per heavy atom. The summed E-state index contributed by atoms with van der Waals surface area (Å²) in [6, 6.07) is 12.6. The molecular formula is C28H32Cl2N2O4S. The van der Waals surface area contributed by atoms with Crippen molar-refractivity contribution < 1.29 is 19.1 Å². The molecule has 0 N–H and O–H groups in total. The van der Waals surface area contributed by atoms with Crippen LogP contribution in [0.3, 0.4) is 0 Å². The molecule has 0 bridgehead atoms. The summed E-state index contributed by atoms with van der Waals surface area (Å²) in [4.78, 5) is 31.4. The summed E-state index contributed by atoms with van der Waals surface area (Å²) in [5.74, 6) is 0.939. The Hall–Kier alpha value is -2.74. The van der Waals surface area contributed by atoms with Crippen LogP contribution in [0.4, 0.5) is 0 Å². The first-order valence-corrected chi connectivity index (χ1v) is 13.7. The molecule has 0 spiro atoms. The lowest BCUT2D eigenvalue weighted by Gasteiger charge is -2.28. The Bertz CT molecular complexity index is 1230. The Morgan fingerprint density at radius 2 is 1.68 bits per heavy atom. The molecule has 3 aromatic rings. The molecule has 6 nitrogen and oxygen atoms in total. The Kier molecular flexibility index (Phi) is 10.7. The molecule has 0 saturated carbocycles. The molecule has 37 heavy (non-hydrogen) atoms. The largest absolute Gasteiger partial charge is 0.493 e. The molecule has 0 fully saturated rings. The number of rotatable bonds is 12. The fourth-order valence-corrected chi connectivity index (χ4v) is 5.15. The average molecular weight is 564 g/mol. The maximum atomic E-state index is 13.6. The minimum Gasteiger partial charge on any atom is -0.493 e. The Balaban J connectivity index is 1.80. The van der Waals surface area contributed by atoms with E-state index < -0.39 is 0 Å². The SMILES string of the molecule is CCCN(CC(=O)N(CCc1ccc(OC)c(OC)c1)Cc1sccc1C)C(=O)c1ccc(Cl)c(Cl)c1. The zero-order valence-corrected chi connectivity index (χ0v) is 23.9. The standard InChI is InChI=1S/C28H32Cl2N2O4S/c1-5-12-32(28(34)21-7-8-22(29)23(30)16-21)18-27(33)31(17-26-19(2)11-14-37-26)13-10-20-6-9-24(35-3)25(15-20)36-4/h6-9,11,14-16H,5,10,12-13,17-18H2,1-4H3. The highest BCUT2D eigenvalue weighted by molar-refractivity contribution is 7.10. The molecule has 1 heterocycles. The smallest absolute Gasteiger partial charge is 0.254 e. The third kappa shape index (κ3) is 7.63. The van der Waals surface area contributed by atoms with E-state index in [0.29, 0.717) is 53.2 Å². The molecule has 0 unspecified atom stereocenters. The first-order chi connectivity index (χ1) is 17.8. The average Bonchev–Trinajstić information content (AvgIpc) is 3.31. The van der Waals surface area contributed by atoms with Gasteiger partial charge in [-0.2, -0.15) is 0 Å². The van der Waals surface area contributed by atoms with Gasteiger partial charge in [0.25, 0.3) is 5.91 Å². The van der Waals surface area contributed by atoms with Gasteiger partial charge in [-0.1, -0.05) is 36.2 Å². The number of carbonyl (C=O) groups excluding carboxylic acids is 2. The van der Waals surface area contributed by atoms with Crippen molar-refractivity contribution in [1.29, 1.82) is 0 Å². The van der Waals surface area contributed by atoms with Crippen LogP contribution < -0.4 is 9.47 Å². The van der Waals surface area contributed by atoms with Gasteiger partial charge in [0.15, 0.2) is 11.5 Å². The van der Waals surface area contributed by atoms with Gasteiger partial charge >= 0.3 is 0 Å². The number of nitrogens with zero attached hydrogens (tertiary/aromatic N) is 2. The van der Waals surface area contributed by atoms with E-state index in [1.165, 1.54) is 0 Å². The molecule has 0 aliphatic heterocycles. The molecule has 0 aliphatic carbocycles. The fraction of sp³-hybridized carbons (Fsp3) is 0.357. The van der Waals surface area contributed by atoms with Gasteiger partial charge in [0, 0.05) is 23.5 Å². The van der Waals surface area contributed by atoms with E-state index >= 15 is 0 Å². The number of halogens is 2. The highest BCUT2D eigenvalue weighted by Gasteiger charge is 2.23. The van der Waals surface area contributed by atoms with E-state index in [2.05, 4.69) is 0 Å². The second-order valence-electron chi connectivity index (χ2n) is 8.64. The predicted molar refractivity (Wildman–Crippen MR) is 150 cm³/mol. The summed E-state index contributed by atoms with van der Waals surface area (Å²) in [6.45, 7) is 5.42. The molecule has 3 rings (SSSR count). The summed E-state index contributed by atoms with van der Waals surface area (Å²) >= 11 is 13.8. The fourth-order valence-electron chi connectivity index (χ4n) is 3.93. The normalized spacial score (nSPS) is 10.8. The zero-order valence-electron chi connectivity index (χ0n) is 21.6. The molecule has 0 aliphatic rings. The lowest BCUT2D eigenvalue weighted by atomic mass is 10.1. The van der Waals surface area contributed by atoms with Gasteiger partial charge in [-0.05, 0) is 72.7 Å². The molecule has 9 heteroatoms. The van der Waals surface area contributed by atoms with Gasteiger partial charge in [0.05, 0.1) is 30.8 Å². The molecule has 0 atom stereocenters. The second-order valence-corrected chi connectivity index (χ2v) is 10.5. The van der Waals surface area contributed by atoms with Gasteiger partial charge in [0.1, 0.15) is 6.54 Å². The van der Waals surface area contributed by atoms with Gasteiger partial charge in [-0.15, -0.1) is 11.3 Å². The van der Waals surface area contributed by atoms with Crippen LogP contribution in [0.1, 0.15) is 39.7 Å². The molecule has 0 saturated heterocycles. The van der Waals surface area contributed by atoms with Crippen molar-refractivity contribution >= 4 is 46.4 Å². The van der Waals surface area contributed by atoms with Crippen molar-refractivity contribution in [3.8, 4) is 11.5 Å². The Labute approximate surface area is 232 Å². The molecular weight excluding hydrogens is 531 g/mol. The molecule has 1 aromatic heterocycles. The van der Waals surface area contributed by atoms with Crippen LogP contribution in [0.15, 0.2) is 47.8 Å². The number of aryl methyl sites for hydroxylation is 1. The van der Waals surface area contributed by atoms with Crippen molar-refractivity contribution in [3.63, 3.8) is 0 Å². The monoisotopic (exact) mass is 562 g/mol. The number of hydrogen-bond acceptors (Lipinski definition) is 5. The van der Waals surface area contributed by atoms with Crippen molar-refractivity contribution in [3.05, 3.63) is 79.5 Å². The minimum atomic E-state index is -0.249.